The molecule has 0 amide bonds. The van der Waals surface area contributed by atoms with Crippen molar-refractivity contribution in [2.24, 2.45) is 0 Å². The maximum absolute atomic E-state index is 9.88. The molecule has 96 valence electrons. The van der Waals surface area contributed by atoms with E-state index >= 15 is 0 Å². The van der Waals surface area contributed by atoms with Gasteiger partial charge in [0.05, 0.1) is 6.10 Å². The molecule has 0 aliphatic heterocycles. The highest BCUT2D eigenvalue weighted by atomic mass is 16.5. The van der Waals surface area contributed by atoms with Crippen LogP contribution in [0.25, 0.3) is 0 Å². The Morgan fingerprint density at radius 1 is 1.39 bits per heavy atom. The fourth-order valence-electron chi connectivity index (χ4n) is 1.65. The summed E-state index contributed by atoms with van der Waals surface area (Å²) in [5.41, 5.74) is 0.774. The Kier molecular flexibility index (Phi) is 3.94. The standard InChI is InChI=1S/C13H16N2O3/c1-3-11(16)10-6-4-5-7-12(10)17-8-13-14-9(2)15-18-13/h4-7,11,16H,3,8H2,1-2H3. The molecule has 5 heteroatoms. The summed E-state index contributed by atoms with van der Waals surface area (Å²) in [6.07, 6.45) is 0.116. The second-order valence-electron chi connectivity index (χ2n) is 3.99. The highest BCUT2D eigenvalue weighted by molar-refractivity contribution is 5.35. The van der Waals surface area contributed by atoms with Gasteiger partial charge < -0.3 is 14.4 Å². The average molecular weight is 248 g/mol. The summed E-state index contributed by atoms with van der Waals surface area (Å²) < 4.78 is 10.6. The van der Waals surface area contributed by atoms with Gasteiger partial charge in [-0.05, 0) is 19.4 Å². The van der Waals surface area contributed by atoms with E-state index in [1.807, 2.05) is 31.2 Å². The zero-order valence-corrected chi connectivity index (χ0v) is 10.5. The molecule has 0 aliphatic rings. The molecule has 0 saturated heterocycles. The second kappa shape index (κ2) is 5.64. The number of aliphatic hydroxyl groups excluding tert-OH is 1. The Hall–Kier alpha value is -1.88. The van der Waals surface area contributed by atoms with Crippen LogP contribution in [0.15, 0.2) is 28.8 Å². The summed E-state index contributed by atoms with van der Waals surface area (Å²) in [4.78, 5) is 4.06. The molecule has 5 nitrogen and oxygen atoms in total. The number of rotatable bonds is 5. The largest absolute Gasteiger partial charge is 0.483 e. The lowest BCUT2D eigenvalue weighted by Crippen LogP contribution is -2.02. The van der Waals surface area contributed by atoms with Crippen molar-refractivity contribution in [3.63, 3.8) is 0 Å². The minimum atomic E-state index is -0.523. The van der Waals surface area contributed by atoms with Gasteiger partial charge in [0.1, 0.15) is 5.75 Å². The van der Waals surface area contributed by atoms with Gasteiger partial charge in [-0.1, -0.05) is 30.3 Å². The van der Waals surface area contributed by atoms with E-state index in [-0.39, 0.29) is 6.61 Å². The van der Waals surface area contributed by atoms with Crippen molar-refractivity contribution < 1.29 is 14.4 Å². The number of para-hydroxylation sites is 1. The van der Waals surface area contributed by atoms with Crippen molar-refractivity contribution >= 4 is 0 Å². The lowest BCUT2D eigenvalue weighted by Gasteiger charge is -2.13. The van der Waals surface area contributed by atoms with Crippen LogP contribution in [0.2, 0.25) is 0 Å². The van der Waals surface area contributed by atoms with Gasteiger partial charge in [-0.3, -0.25) is 0 Å². The number of aliphatic hydroxyl groups is 1. The first kappa shape index (κ1) is 12.6. The summed E-state index contributed by atoms with van der Waals surface area (Å²) in [6.45, 7) is 3.87. The third-order valence-electron chi connectivity index (χ3n) is 2.59. The number of hydrogen-bond acceptors (Lipinski definition) is 5. The normalized spacial score (nSPS) is 12.4. The molecule has 1 atom stereocenters. The first-order chi connectivity index (χ1) is 8.70. The van der Waals surface area contributed by atoms with E-state index in [0.717, 1.165) is 5.56 Å². The molecule has 1 unspecified atom stereocenters. The number of nitrogens with zero attached hydrogens (tertiary/aromatic N) is 2. The first-order valence-corrected chi connectivity index (χ1v) is 5.89. The molecule has 0 bridgehead atoms. The Bertz CT molecular complexity index is 510. The summed E-state index contributed by atoms with van der Waals surface area (Å²) in [5.74, 6) is 1.64. The van der Waals surface area contributed by atoms with Crippen LogP contribution in [-0.2, 0) is 6.61 Å². The topological polar surface area (TPSA) is 68.4 Å². The highest BCUT2D eigenvalue weighted by Crippen LogP contribution is 2.27. The quantitative estimate of drug-likeness (QED) is 0.879. The van der Waals surface area contributed by atoms with Crippen LogP contribution < -0.4 is 4.74 Å². The van der Waals surface area contributed by atoms with Gasteiger partial charge in [0, 0.05) is 5.56 Å². The fraction of sp³-hybridized carbons (Fsp3) is 0.385. The smallest absolute Gasteiger partial charge is 0.264 e. The molecule has 2 rings (SSSR count). The molecule has 0 saturated carbocycles. The molecule has 1 N–H and O–H groups in total. The number of aromatic nitrogens is 2. The third-order valence-corrected chi connectivity index (χ3v) is 2.59. The minimum absolute atomic E-state index is 0.203. The number of ether oxygens (including phenoxy) is 1. The van der Waals surface area contributed by atoms with E-state index in [1.54, 1.807) is 6.92 Å². The van der Waals surface area contributed by atoms with E-state index in [2.05, 4.69) is 10.1 Å². The Morgan fingerprint density at radius 2 is 2.17 bits per heavy atom. The number of benzene rings is 1. The molecule has 1 aromatic heterocycles. The zero-order chi connectivity index (χ0) is 13.0. The number of hydrogen-bond donors (Lipinski definition) is 1. The van der Waals surface area contributed by atoms with E-state index in [0.29, 0.717) is 23.9 Å². The second-order valence-corrected chi connectivity index (χ2v) is 3.99. The molecule has 1 heterocycles. The molecule has 18 heavy (non-hydrogen) atoms. The zero-order valence-electron chi connectivity index (χ0n) is 10.5. The van der Waals surface area contributed by atoms with Crippen molar-refractivity contribution in [2.75, 3.05) is 0 Å². The van der Waals surface area contributed by atoms with E-state index in [4.69, 9.17) is 9.26 Å². The first-order valence-electron chi connectivity index (χ1n) is 5.89. The summed E-state index contributed by atoms with van der Waals surface area (Å²) in [6, 6.07) is 7.40. The van der Waals surface area contributed by atoms with Crippen LogP contribution in [0.1, 0.15) is 36.7 Å². The van der Waals surface area contributed by atoms with Gasteiger partial charge in [0.15, 0.2) is 12.4 Å². The Labute approximate surface area is 105 Å². The summed E-state index contributed by atoms with van der Waals surface area (Å²) >= 11 is 0. The highest BCUT2D eigenvalue weighted by Gasteiger charge is 2.12. The van der Waals surface area contributed by atoms with E-state index in [1.165, 1.54) is 0 Å². The Morgan fingerprint density at radius 3 is 2.83 bits per heavy atom. The van der Waals surface area contributed by atoms with E-state index in [9.17, 15) is 5.11 Å². The minimum Gasteiger partial charge on any atom is -0.483 e. The van der Waals surface area contributed by atoms with Crippen LogP contribution in [-0.4, -0.2) is 15.2 Å². The summed E-state index contributed by atoms with van der Waals surface area (Å²) in [5, 5.41) is 13.6. The van der Waals surface area contributed by atoms with Crippen molar-refractivity contribution in [1.82, 2.24) is 10.1 Å². The van der Waals surface area contributed by atoms with Crippen LogP contribution in [0, 0.1) is 6.92 Å². The SMILES string of the molecule is CCC(O)c1ccccc1OCc1nc(C)no1. The van der Waals surface area contributed by atoms with Crippen molar-refractivity contribution in [1.29, 1.82) is 0 Å². The van der Waals surface area contributed by atoms with Crippen molar-refractivity contribution in [3.8, 4) is 5.75 Å². The lowest BCUT2D eigenvalue weighted by molar-refractivity contribution is 0.163. The van der Waals surface area contributed by atoms with Gasteiger partial charge in [-0.15, -0.1) is 0 Å². The predicted octanol–water partition coefficient (Wildman–Crippen LogP) is 2.40. The molecular weight excluding hydrogens is 232 g/mol. The molecule has 0 fully saturated rings. The van der Waals surface area contributed by atoms with Crippen LogP contribution in [0.5, 0.6) is 5.75 Å². The lowest BCUT2D eigenvalue weighted by atomic mass is 10.1. The van der Waals surface area contributed by atoms with Gasteiger partial charge in [0.2, 0.25) is 0 Å². The van der Waals surface area contributed by atoms with E-state index < -0.39 is 6.10 Å². The van der Waals surface area contributed by atoms with Crippen molar-refractivity contribution in [2.45, 2.75) is 33.0 Å². The molecule has 0 spiro atoms. The average Bonchev–Trinajstić information content (AvgIpc) is 2.81. The van der Waals surface area contributed by atoms with Crippen LogP contribution in [0.4, 0.5) is 0 Å². The van der Waals surface area contributed by atoms with Crippen molar-refractivity contribution in [3.05, 3.63) is 41.5 Å². The monoisotopic (exact) mass is 248 g/mol. The van der Waals surface area contributed by atoms with Crippen LogP contribution >= 0.6 is 0 Å². The third kappa shape index (κ3) is 2.87. The molecule has 0 radical (unpaired) electrons. The van der Waals surface area contributed by atoms with Crippen LogP contribution in [0.3, 0.4) is 0 Å². The maximum atomic E-state index is 9.88. The number of aryl methyl sites for hydroxylation is 1. The molecule has 1 aromatic carbocycles. The molecule has 0 aliphatic carbocycles. The Balaban J connectivity index is 2.09. The van der Waals surface area contributed by atoms with Gasteiger partial charge in [0.25, 0.3) is 5.89 Å². The van der Waals surface area contributed by atoms with Gasteiger partial charge in [-0.2, -0.15) is 4.98 Å². The molecule has 2 aromatic rings. The fourth-order valence-corrected chi connectivity index (χ4v) is 1.65. The maximum Gasteiger partial charge on any atom is 0.264 e. The molecular formula is C13H16N2O3. The predicted molar refractivity (Wildman–Crippen MR) is 65.1 cm³/mol. The van der Waals surface area contributed by atoms with Gasteiger partial charge in [-0.25, -0.2) is 0 Å². The summed E-state index contributed by atoms with van der Waals surface area (Å²) in [7, 11) is 0. The van der Waals surface area contributed by atoms with Gasteiger partial charge >= 0.3 is 0 Å².